The van der Waals surface area contributed by atoms with Crippen LogP contribution < -0.4 is 14.5 Å². The summed E-state index contributed by atoms with van der Waals surface area (Å²) in [5, 5.41) is 10.1. The van der Waals surface area contributed by atoms with Crippen LogP contribution >= 0.6 is 11.3 Å². The topological polar surface area (TPSA) is 85.9 Å². The van der Waals surface area contributed by atoms with Gasteiger partial charge in [0.15, 0.2) is 5.88 Å². The number of amides is 1. The molecule has 4 rings (SSSR count). The molecule has 2 N–H and O–H groups in total. The summed E-state index contributed by atoms with van der Waals surface area (Å²) in [4.78, 5) is 34.5. The van der Waals surface area contributed by atoms with Crippen LogP contribution in [-0.2, 0) is 4.79 Å². The van der Waals surface area contributed by atoms with Crippen LogP contribution in [0.1, 0.15) is 93.6 Å². The smallest absolute Gasteiger partial charge is 0.348 e. The van der Waals surface area contributed by atoms with Crippen LogP contribution in [0.4, 0.5) is 11.5 Å². The third-order valence-electron chi connectivity index (χ3n) is 7.76. The summed E-state index contributed by atoms with van der Waals surface area (Å²) >= 11 is 1.17. The predicted molar refractivity (Wildman–Crippen MR) is 158 cm³/mol. The van der Waals surface area contributed by atoms with Gasteiger partial charge in [-0.3, -0.25) is 4.79 Å². The highest BCUT2D eigenvalue weighted by atomic mass is 32.1. The molecule has 2 aromatic heterocycles. The average Bonchev–Trinajstić information content (AvgIpc) is 3.52. The summed E-state index contributed by atoms with van der Waals surface area (Å²) in [6.07, 6.45) is 6.97. The molecule has 0 bridgehead atoms. The molecule has 0 atom stereocenters. The molecule has 0 unspecified atom stereocenters. The van der Waals surface area contributed by atoms with Crippen LogP contribution in [0.3, 0.4) is 0 Å². The lowest BCUT2D eigenvalue weighted by Crippen LogP contribution is -2.47. The number of rotatable bonds is 7. The molecule has 0 radical (unpaired) electrons. The van der Waals surface area contributed by atoms with E-state index in [0.29, 0.717) is 16.5 Å². The van der Waals surface area contributed by atoms with Crippen molar-refractivity contribution < 1.29 is 19.4 Å². The molecule has 0 aliphatic heterocycles. The molecule has 2 aliphatic rings. The molecular formula is C31H43N3O4S. The maximum absolute atomic E-state index is 14.1. The second kappa shape index (κ2) is 12.1. The Bertz CT molecular complexity index is 1210. The summed E-state index contributed by atoms with van der Waals surface area (Å²) in [6, 6.07) is 5.72. The number of thiophene rings is 1. The van der Waals surface area contributed by atoms with E-state index in [1.807, 2.05) is 62.9 Å². The highest BCUT2D eigenvalue weighted by molar-refractivity contribution is 7.15. The number of carbonyl (C=O) groups excluding carboxylic acids is 1. The molecule has 0 saturated heterocycles. The Kier molecular flexibility index (Phi) is 9.00. The van der Waals surface area contributed by atoms with Crippen LogP contribution in [0.2, 0.25) is 0 Å². The average molecular weight is 554 g/mol. The summed E-state index contributed by atoms with van der Waals surface area (Å²) in [6.45, 7) is 8.33. The van der Waals surface area contributed by atoms with Crippen molar-refractivity contribution in [2.24, 2.45) is 17.3 Å². The number of carbonyl (C=O) groups is 2. The Hall–Kier alpha value is -2.92. The number of ether oxygens (including phenoxy) is 1. The molecular weight excluding hydrogens is 510 g/mol. The number of hydrogen-bond acceptors (Lipinski definition) is 5. The van der Waals surface area contributed by atoms with E-state index in [1.165, 1.54) is 11.3 Å². The van der Waals surface area contributed by atoms with Gasteiger partial charge in [-0.25, -0.2) is 4.79 Å². The number of carboxylic acids is 1. The van der Waals surface area contributed by atoms with Crippen molar-refractivity contribution in [2.75, 3.05) is 23.9 Å². The summed E-state index contributed by atoms with van der Waals surface area (Å²) < 4.78 is 6.24. The first-order valence-electron chi connectivity index (χ1n) is 14.2. The Morgan fingerprint density at radius 2 is 1.72 bits per heavy atom. The highest BCUT2D eigenvalue weighted by Crippen LogP contribution is 2.39. The fraction of sp³-hybridized carbons (Fsp3) is 0.613. The molecule has 8 heteroatoms. The summed E-state index contributed by atoms with van der Waals surface area (Å²) in [5.74, 6) is 7.75. The van der Waals surface area contributed by atoms with Gasteiger partial charge in [-0.2, -0.15) is 0 Å². The van der Waals surface area contributed by atoms with Gasteiger partial charge in [-0.15, -0.1) is 11.3 Å². The highest BCUT2D eigenvalue weighted by Gasteiger charge is 2.38. The van der Waals surface area contributed by atoms with Gasteiger partial charge in [0.1, 0.15) is 16.8 Å². The zero-order chi connectivity index (χ0) is 28.3. The van der Waals surface area contributed by atoms with Gasteiger partial charge in [0.05, 0.1) is 10.6 Å². The third kappa shape index (κ3) is 7.39. The number of aromatic amines is 1. The monoisotopic (exact) mass is 553 g/mol. The molecule has 39 heavy (non-hydrogen) atoms. The number of H-pyrrole nitrogens is 1. The van der Waals surface area contributed by atoms with E-state index in [2.05, 4.69) is 23.7 Å². The number of hydrogen-bond donors (Lipinski definition) is 2. The first-order chi connectivity index (χ1) is 18.4. The number of nitrogens with one attached hydrogen (secondary N) is 1. The van der Waals surface area contributed by atoms with Crippen molar-refractivity contribution in [3.63, 3.8) is 0 Å². The van der Waals surface area contributed by atoms with Gasteiger partial charge >= 0.3 is 5.97 Å². The normalized spacial score (nSPS) is 23.4. The van der Waals surface area contributed by atoms with Gasteiger partial charge < -0.3 is 24.6 Å². The molecule has 2 fully saturated rings. The van der Waals surface area contributed by atoms with Gasteiger partial charge in [0.25, 0.3) is 0 Å². The Labute approximate surface area is 236 Å². The van der Waals surface area contributed by atoms with E-state index in [-0.39, 0.29) is 34.3 Å². The van der Waals surface area contributed by atoms with E-state index in [9.17, 15) is 14.7 Å². The zero-order valence-electron chi connectivity index (χ0n) is 24.2. The molecule has 2 saturated carbocycles. The lowest BCUT2D eigenvalue weighted by atomic mass is 9.81. The van der Waals surface area contributed by atoms with Crippen molar-refractivity contribution in [2.45, 2.75) is 91.2 Å². The minimum absolute atomic E-state index is 0.0528. The minimum Gasteiger partial charge on any atom is -0.477 e. The third-order valence-corrected chi connectivity index (χ3v) is 8.79. The molecule has 1 amide bonds. The van der Waals surface area contributed by atoms with Crippen molar-refractivity contribution in [1.29, 1.82) is 0 Å². The number of anilines is 2. The predicted octanol–water partition coefficient (Wildman–Crippen LogP) is 6.79. The Morgan fingerprint density at radius 3 is 2.28 bits per heavy atom. The van der Waals surface area contributed by atoms with Gasteiger partial charge in [-0.05, 0) is 90.2 Å². The summed E-state index contributed by atoms with van der Waals surface area (Å²) in [7, 11) is 3.96. The van der Waals surface area contributed by atoms with Crippen LogP contribution in [0.5, 0.6) is 5.88 Å². The van der Waals surface area contributed by atoms with Gasteiger partial charge in [0, 0.05) is 37.5 Å². The number of carboxylic acid groups (broad SMARTS) is 1. The van der Waals surface area contributed by atoms with E-state index in [0.717, 1.165) is 63.1 Å². The largest absolute Gasteiger partial charge is 0.477 e. The minimum atomic E-state index is -1.01. The number of nitrogens with zero attached hydrogens (tertiary/aromatic N) is 2. The first-order valence-corrected chi connectivity index (χ1v) is 15.0. The van der Waals surface area contributed by atoms with Crippen molar-refractivity contribution in [3.8, 4) is 17.7 Å². The molecule has 0 aromatic carbocycles. The van der Waals surface area contributed by atoms with E-state index >= 15 is 0 Å². The zero-order valence-corrected chi connectivity index (χ0v) is 25.0. The molecule has 2 aromatic rings. The van der Waals surface area contributed by atoms with Crippen LogP contribution in [-0.4, -0.2) is 48.2 Å². The number of aromatic carboxylic acids is 1. The van der Waals surface area contributed by atoms with Crippen molar-refractivity contribution in [1.82, 2.24) is 4.98 Å². The maximum atomic E-state index is 14.1. The van der Waals surface area contributed by atoms with Crippen LogP contribution in [0.25, 0.3) is 0 Å². The molecule has 2 aliphatic carbocycles. The van der Waals surface area contributed by atoms with Gasteiger partial charge in [-0.1, -0.05) is 18.8 Å². The maximum Gasteiger partial charge on any atom is 0.348 e. The van der Waals surface area contributed by atoms with E-state index < -0.39 is 5.97 Å². The molecule has 212 valence electrons. The molecule has 7 nitrogen and oxygen atoms in total. The second-order valence-corrected chi connectivity index (χ2v) is 13.5. The fourth-order valence-corrected chi connectivity index (χ4v) is 6.36. The van der Waals surface area contributed by atoms with Crippen molar-refractivity contribution >= 4 is 34.7 Å². The van der Waals surface area contributed by atoms with E-state index in [1.54, 1.807) is 0 Å². The molecule has 2 heterocycles. The standard InChI is InChI=1S/C31H43N3O4S/c1-20-7-9-21(10-8-20)29(35)34(25-19-24(17-18-31(2,3)4)39-28(25)30(36)37)22-11-13-23(14-12-22)38-27-16-15-26(32-27)33(5)6/h15-16,19-23,32H,7-14H2,1-6H3,(H,36,37). The quantitative estimate of drug-likeness (QED) is 0.369. The van der Waals surface area contributed by atoms with Crippen LogP contribution in [0, 0.1) is 29.1 Å². The Balaban J connectivity index is 1.58. The lowest BCUT2D eigenvalue weighted by molar-refractivity contribution is -0.124. The van der Waals surface area contributed by atoms with Crippen LogP contribution in [0.15, 0.2) is 18.2 Å². The SMILES string of the molecule is CC1CCC(C(=O)N(c2cc(C#CC(C)(C)C)sc2C(=O)O)C2CCC(Oc3ccc(N(C)C)[nH]3)CC2)CC1. The second-order valence-electron chi connectivity index (χ2n) is 12.4. The van der Waals surface area contributed by atoms with Gasteiger partial charge in [0.2, 0.25) is 5.91 Å². The first kappa shape index (κ1) is 29.1. The molecule has 0 spiro atoms. The van der Waals surface area contributed by atoms with E-state index in [4.69, 9.17) is 4.74 Å². The lowest BCUT2D eigenvalue weighted by Gasteiger charge is -2.39. The fourth-order valence-electron chi connectivity index (χ4n) is 5.52. The summed E-state index contributed by atoms with van der Waals surface area (Å²) in [5.41, 5.74) is 0.311. The number of aromatic nitrogens is 1. The van der Waals surface area contributed by atoms with Crippen molar-refractivity contribution in [3.05, 3.63) is 28.0 Å². The Morgan fingerprint density at radius 1 is 1.05 bits per heavy atom.